The highest BCUT2D eigenvalue weighted by Gasteiger charge is 2.17. The minimum atomic E-state index is -0.00907. The van der Waals surface area contributed by atoms with Crippen LogP contribution < -0.4 is 10.9 Å². The fourth-order valence-electron chi connectivity index (χ4n) is 3.25. The zero-order chi connectivity index (χ0) is 19.6. The summed E-state index contributed by atoms with van der Waals surface area (Å²) in [6, 6.07) is 8.13. The van der Waals surface area contributed by atoms with E-state index >= 15 is 0 Å². The topological polar surface area (TPSA) is 62.4 Å². The summed E-state index contributed by atoms with van der Waals surface area (Å²) < 4.78 is 0. The second-order valence-corrected chi connectivity index (χ2v) is 8.97. The molecule has 0 amide bonds. The first-order chi connectivity index (χ1) is 12.9. The van der Waals surface area contributed by atoms with Gasteiger partial charge in [0, 0.05) is 15.5 Å². The predicted octanol–water partition coefficient (Wildman–Crippen LogP) is 4.36. The highest BCUT2D eigenvalue weighted by atomic mass is 35.5. The fraction of sp³-hybridized carbons (Fsp3) is 0.429. The Morgan fingerprint density at radius 1 is 1.26 bits per heavy atom. The van der Waals surface area contributed by atoms with Crippen LogP contribution in [0.25, 0.3) is 10.2 Å². The van der Waals surface area contributed by atoms with E-state index in [-0.39, 0.29) is 11.6 Å². The van der Waals surface area contributed by atoms with Crippen molar-refractivity contribution in [1.82, 2.24) is 9.97 Å². The molecular weight excluding hydrogens is 378 g/mol. The van der Waals surface area contributed by atoms with Gasteiger partial charge in [0.05, 0.1) is 5.39 Å². The number of nitrogens with two attached hydrogens (primary N) is 1. The van der Waals surface area contributed by atoms with Crippen LogP contribution in [0.5, 0.6) is 0 Å². The molecule has 2 atom stereocenters. The molecular formula is C21H27ClN3OS+. The molecule has 0 fully saturated rings. The number of nitrogens with zero attached hydrogens (tertiary/aromatic N) is 1. The summed E-state index contributed by atoms with van der Waals surface area (Å²) in [7, 11) is 0. The van der Waals surface area contributed by atoms with Gasteiger partial charge in [-0.2, -0.15) is 0 Å². The first-order valence-electron chi connectivity index (χ1n) is 9.49. The van der Waals surface area contributed by atoms with E-state index in [1.807, 2.05) is 24.3 Å². The van der Waals surface area contributed by atoms with E-state index in [1.165, 1.54) is 16.0 Å². The van der Waals surface area contributed by atoms with Gasteiger partial charge in [0.25, 0.3) is 5.56 Å². The highest BCUT2D eigenvalue weighted by Crippen LogP contribution is 2.29. The summed E-state index contributed by atoms with van der Waals surface area (Å²) in [4.78, 5) is 22.5. The molecule has 1 aromatic carbocycles. The normalized spacial score (nSPS) is 13.8. The molecule has 144 valence electrons. The molecule has 0 saturated heterocycles. The molecule has 0 aliphatic rings. The highest BCUT2D eigenvalue weighted by molar-refractivity contribution is 7.18. The SMILES string of the molecule is CC[C@@H](C)Cc1c(C)sc2nc(C[NH2+][C@H](C)c3ccc(Cl)cc3)[nH]c(=O)c12. The van der Waals surface area contributed by atoms with E-state index in [2.05, 4.69) is 38.0 Å². The van der Waals surface area contributed by atoms with Gasteiger partial charge in [0.15, 0.2) is 5.82 Å². The molecule has 0 radical (unpaired) electrons. The average molecular weight is 405 g/mol. The Morgan fingerprint density at radius 3 is 2.63 bits per heavy atom. The number of aromatic amines is 1. The van der Waals surface area contributed by atoms with Gasteiger partial charge in [-0.05, 0) is 43.9 Å². The van der Waals surface area contributed by atoms with Crippen LogP contribution in [-0.4, -0.2) is 9.97 Å². The number of nitrogens with one attached hydrogen (secondary N) is 1. The summed E-state index contributed by atoms with van der Waals surface area (Å²) in [5.41, 5.74) is 2.36. The van der Waals surface area contributed by atoms with Crippen LogP contribution in [0.15, 0.2) is 29.1 Å². The number of hydrogen-bond donors (Lipinski definition) is 2. The molecule has 0 bridgehead atoms. The largest absolute Gasteiger partial charge is 0.334 e. The summed E-state index contributed by atoms with van der Waals surface area (Å²) in [5.74, 6) is 1.29. The van der Waals surface area contributed by atoms with Crippen molar-refractivity contribution in [1.29, 1.82) is 0 Å². The number of fused-ring (bicyclic) bond motifs is 1. The van der Waals surface area contributed by atoms with E-state index in [1.54, 1.807) is 11.3 Å². The van der Waals surface area contributed by atoms with Crippen LogP contribution in [0.3, 0.4) is 0 Å². The third-order valence-corrected chi connectivity index (χ3v) is 6.52. The van der Waals surface area contributed by atoms with Crippen molar-refractivity contribution >= 4 is 33.2 Å². The molecule has 2 aromatic heterocycles. The molecule has 2 heterocycles. The van der Waals surface area contributed by atoms with Crippen LogP contribution in [0.1, 0.15) is 55.1 Å². The Balaban J connectivity index is 1.80. The molecule has 3 rings (SSSR count). The Bertz CT molecular complexity index is 977. The molecule has 0 unspecified atom stereocenters. The van der Waals surface area contributed by atoms with Gasteiger partial charge < -0.3 is 10.3 Å². The van der Waals surface area contributed by atoms with Crippen molar-refractivity contribution in [2.45, 2.75) is 53.1 Å². The van der Waals surface area contributed by atoms with Gasteiger partial charge in [-0.3, -0.25) is 4.79 Å². The lowest BCUT2D eigenvalue weighted by molar-refractivity contribution is -0.708. The van der Waals surface area contributed by atoms with E-state index in [9.17, 15) is 4.79 Å². The third kappa shape index (κ3) is 4.60. The second kappa shape index (κ2) is 8.55. The predicted molar refractivity (Wildman–Crippen MR) is 114 cm³/mol. The zero-order valence-corrected chi connectivity index (χ0v) is 17.9. The quantitative estimate of drug-likeness (QED) is 0.614. The molecule has 27 heavy (non-hydrogen) atoms. The van der Waals surface area contributed by atoms with Crippen molar-refractivity contribution in [3.05, 3.63) is 61.5 Å². The maximum absolute atomic E-state index is 12.7. The Labute approximate surface area is 169 Å². The first-order valence-corrected chi connectivity index (χ1v) is 10.7. The smallest absolute Gasteiger partial charge is 0.260 e. The second-order valence-electron chi connectivity index (χ2n) is 7.33. The average Bonchev–Trinajstić information content (AvgIpc) is 2.95. The lowest BCUT2D eigenvalue weighted by Gasteiger charge is -2.11. The molecule has 0 aliphatic carbocycles. The summed E-state index contributed by atoms with van der Waals surface area (Å²) in [6.45, 7) is 9.28. The lowest BCUT2D eigenvalue weighted by Crippen LogP contribution is -2.83. The Morgan fingerprint density at radius 2 is 1.96 bits per heavy atom. The molecule has 4 nitrogen and oxygen atoms in total. The summed E-state index contributed by atoms with van der Waals surface area (Å²) in [6.07, 6.45) is 2.05. The zero-order valence-electron chi connectivity index (χ0n) is 16.3. The van der Waals surface area contributed by atoms with Crippen molar-refractivity contribution in [3.8, 4) is 0 Å². The van der Waals surface area contributed by atoms with Crippen molar-refractivity contribution in [2.24, 2.45) is 5.92 Å². The van der Waals surface area contributed by atoms with Crippen LogP contribution in [0.2, 0.25) is 5.02 Å². The number of halogens is 1. The van der Waals surface area contributed by atoms with Gasteiger partial charge in [-0.1, -0.05) is 44.0 Å². The van der Waals surface area contributed by atoms with E-state index < -0.39 is 0 Å². The van der Waals surface area contributed by atoms with Crippen LogP contribution >= 0.6 is 22.9 Å². The molecule has 3 N–H and O–H groups in total. The van der Waals surface area contributed by atoms with Gasteiger partial charge in [0.2, 0.25) is 0 Å². The van der Waals surface area contributed by atoms with Crippen LogP contribution in [0, 0.1) is 12.8 Å². The Kier molecular flexibility index (Phi) is 6.35. The van der Waals surface area contributed by atoms with Crippen LogP contribution in [-0.2, 0) is 13.0 Å². The standard InChI is InChI=1S/C21H26ClN3OS/c1-5-12(2)10-17-14(4)27-21-19(17)20(26)24-18(25-21)11-23-13(3)15-6-8-16(22)9-7-15/h6-9,12-13,23H,5,10-11H2,1-4H3,(H,24,25,26)/p+1/t12-,13-/m1/s1. The molecule has 0 saturated carbocycles. The van der Waals surface area contributed by atoms with Crippen LogP contribution in [0.4, 0.5) is 0 Å². The number of aryl methyl sites for hydroxylation is 1. The van der Waals surface area contributed by atoms with Gasteiger partial charge in [0.1, 0.15) is 17.4 Å². The fourth-order valence-corrected chi connectivity index (χ4v) is 4.44. The number of quaternary nitrogens is 1. The minimum absolute atomic E-state index is 0.00907. The van der Waals surface area contributed by atoms with Crippen molar-refractivity contribution < 1.29 is 5.32 Å². The van der Waals surface area contributed by atoms with Crippen molar-refractivity contribution in [3.63, 3.8) is 0 Å². The number of benzene rings is 1. The van der Waals surface area contributed by atoms with Gasteiger partial charge >= 0.3 is 0 Å². The molecule has 0 spiro atoms. The van der Waals surface area contributed by atoms with E-state index in [0.717, 1.165) is 33.9 Å². The van der Waals surface area contributed by atoms with E-state index in [0.29, 0.717) is 12.5 Å². The molecule has 0 aliphatic heterocycles. The monoisotopic (exact) mass is 404 g/mol. The third-order valence-electron chi connectivity index (χ3n) is 5.22. The maximum atomic E-state index is 12.7. The molecule has 6 heteroatoms. The maximum Gasteiger partial charge on any atom is 0.260 e. The Hall–Kier alpha value is -1.69. The number of thiophene rings is 1. The number of hydrogen-bond acceptors (Lipinski definition) is 3. The molecule has 3 aromatic rings. The lowest BCUT2D eigenvalue weighted by atomic mass is 9.98. The summed E-state index contributed by atoms with van der Waals surface area (Å²) in [5, 5.41) is 3.70. The number of rotatable bonds is 7. The van der Waals surface area contributed by atoms with Gasteiger partial charge in [-0.15, -0.1) is 11.3 Å². The number of H-pyrrole nitrogens is 1. The minimum Gasteiger partial charge on any atom is -0.334 e. The summed E-state index contributed by atoms with van der Waals surface area (Å²) >= 11 is 7.59. The number of aromatic nitrogens is 2. The van der Waals surface area contributed by atoms with E-state index in [4.69, 9.17) is 16.6 Å². The van der Waals surface area contributed by atoms with Crippen molar-refractivity contribution in [2.75, 3.05) is 0 Å². The van der Waals surface area contributed by atoms with Gasteiger partial charge in [-0.25, -0.2) is 4.98 Å². The first kappa shape index (κ1) is 20.1.